The van der Waals surface area contributed by atoms with Crippen molar-refractivity contribution in [2.45, 2.75) is 25.8 Å². The summed E-state index contributed by atoms with van der Waals surface area (Å²) in [5.74, 6) is 1.24. The number of likely N-dealkylation sites (tertiary alicyclic amines) is 1. The summed E-state index contributed by atoms with van der Waals surface area (Å²) in [6.07, 6.45) is 6.77. The monoisotopic (exact) mass is 375 g/mol. The van der Waals surface area contributed by atoms with Gasteiger partial charge in [0.05, 0.1) is 5.69 Å². The van der Waals surface area contributed by atoms with Crippen LogP contribution in [0.2, 0.25) is 0 Å². The second-order valence-electron chi connectivity index (χ2n) is 6.66. The van der Waals surface area contributed by atoms with Crippen molar-refractivity contribution in [1.29, 1.82) is 0 Å². The summed E-state index contributed by atoms with van der Waals surface area (Å²) >= 11 is 0. The number of carbonyl (C=O) groups is 1. The van der Waals surface area contributed by atoms with E-state index in [1.807, 2.05) is 25.1 Å². The number of fused-ring (bicyclic) bond motifs is 1. The molecule has 4 aromatic rings. The smallest absolute Gasteiger partial charge is 0.273 e. The Hall–Kier alpha value is -3.62. The summed E-state index contributed by atoms with van der Waals surface area (Å²) in [5.41, 5.74) is 1.80. The molecule has 1 amide bonds. The van der Waals surface area contributed by atoms with Crippen molar-refractivity contribution in [2.24, 2.45) is 0 Å². The Morgan fingerprint density at radius 1 is 1.18 bits per heavy atom. The van der Waals surface area contributed by atoms with Crippen molar-refractivity contribution in [3.63, 3.8) is 0 Å². The molecule has 0 spiro atoms. The van der Waals surface area contributed by atoms with Crippen LogP contribution in [0.4, 0.5) is 0 Å². The molecule has 1 aliphatic rings. The molecule has 0 N–H and O–H groups in total. The Morgan fingerprint density at radius 2 is 2.07 bits per heavy atom. The number of hydrogen-bond acceptors (Lipinski definition) is 7. The maximum atomic E-state index is 13.3. The van der Waals surface area contributed by atoms with Gasteiger partial charge in [-0.25, -0.2) is 9.97 Å². The highest BCUT2D eigenvalue weighted by Gasteiger charge is 2.36. The van der Waals surface area contributed by atoms with Gasteiger partial charge in [0.2, 0.25) is 17.5 Å². The Morgan fingerprint density at radius 3 is 2.93 bits per heavy atom. The fraction of sp³-hybridized carbons (Fsp3) is 0.263. The fourth-order valence-electron chi connectivity index (χ4n) is 3.63. The van der Waals surface area contributed by atoms with Crippen molar-refractivity contribution < 1.29 is 9.32 Å². The highest BCUT2D eigenvalue weighted by molar-refractivity contribution is 5.95. The second kappa shape index (κ2) is 6.52. The van der Waals surface area contributed by atoms with E-state index in [2.05, 4.69) is 25.1 Å². The van der Waals surface area contributed by atoms with E-state index in [1.54, 1.807) is 34.0 Å². The summed E-state index contributed by atoms with van der Waals surface area (Å²) in [5, 5.41) is 4.04. The third-order valence-corrected chi connectivity index (χ3v) is 4.92. The van der Waals surface area contributed by atoms with E-state index in [9.17, 15) is 4.79 Å². The van der Waals surface area contributed by atoms with Gasteiger partial charge in [0.15, 0.2) is 0 Å². The lowest BCUT2D eigenvalue weighted by Gasteiger charge is -2.21. The molecule has 5 rings (SSSR count). The van der Waals surface area contributed by atoms with Gasteiger partial charge in [0.25, 0.3) is 5.91 Å². The molecule has 0 bridgehead atoms. The van der Waals surface area contributed by atoms with E-state index >= 15 is 0 Å². The molecule has 1 aliphatic heterocycles. The lowest BCUT2D eigenvalue weighted by molar-refractivity contribution is 0.0702. The van der Waals surface area contributed by atoms with Gasteiger partial charge in [-0.3, -0.25) is 14.2 Å². The standard InChI is InChI=1S/C19H17N7O2/c1-12-15(26-11-5-9-21-19(26)22-12)18(27)25-10-4-7-14(25)17-23-16(24-28-17)13-6-2-3-8-20-13/h2-3,5-6,8-9,11,14H,4,7,10H2,1H3. The predicted octanol–water partition coefficient (Wildman–Crippen LogP) is 2.46. The second-order valence-corrected chi connectivity index (χ2v) is 6.66. The average Bonchev–Trinajstić information content (AvgIpc) is 3.45. The molecular formula is C19H17N7O2. The molecule has 9 heteroatoms. The molecular weight excluding hydrogens is 358 g/mol. The van der Waals surface area contributed by atoms with Crippen LogP contribution in [0, 0.1) is 6.92 Å². The Labute approximate surface area is 160 Å². The van der Waals surface area contributed by atoms with Gasteiger partial charge in [-0.1, -0.05) is 11.2 Å². The van der Waals surface area contributed by atoms with Crippen LogP contribution in [-0.2, 0) is 0 Å². The first-order valence-electron chi connectivity index (χ1n) is 9.08. The number of rotatable bonds is 3. The molecule has 1 atom stereocenters. The number of hydrogen-bond donors (Lipinski definition) is 0. The van der Waals surface area contributed by atoms with E-state index in [4.69, 9.17) is 4.52 Å². The number of pyridine rings is 1. The van der Waals surface area contributed by atoms with Crippen molar-refractivity contribution >= 4 is 11.7 Å². The number of nitrogens with zero attached hydrogens (tertiary/aromatic N) is 7. The zero-order valence-corrected chi connectivity index (χ0v) is 15.2. The Balaban J connectivity index is 1.48. The molecule has 140 valence electrons. The molecule has 1 unspecified atom stereocenters. The zero-order valence-electron chi connectivity index (χ0n) is 15.2. The molecule has 28 heavy (non-hydrogen) atoms. The van der Waals surface area contributed by atoms with Crippen LogP contribution in [0.1, 0.15) is 41.0 Å². The number of aryl methyl sites for hydroxylation is 1. The summed E-state index contributed by atoms with van der Waals surface area (Å²) in [6.45, 7) is 2.44. The Kier molecular flexibility index (Phi) is 3.85. The van der Waals surface area contributed by atoms with Gasteiger partial charge in [-0.2, -0.15) is 4.98 Å². The van der Waals surface area contributed by atoms with E-state index in [-0.39, 0.29) is 11.9 Å². The number of aromatic nitrogens is 6. The third kappa shape index (κ3) is 2.63. The van der Waals surface area contributed by atoms with E-state index in [1.165, 1.54) is 0 Å². The molecule has 0 aliphatic carbocycles. The number of carbonyl (C=O) groups excluding carboxylic acids is 1. The van der Waals surface area contributed by atoms with Gasteiger partial charge >= 0.3 is 0 Å². The quantitative estimate of drug-likeness (QED) is 0.542. The first-order valence-corrected chi connectivity index (χ1v) is 9.08. The van der Waals surface area contributed by atoms with Gasteiger partial charge in [0.1, 0.15) is 17.4 Å². The van der Waals surface area contributed by atoms with Gasteiger partial charge < -0.3 is 9.42 Å². The van der Waals surface area contributed by atoms with Crippen molar-refractivity contribution in [3.8, 4) is 11.5 Å². The van der Waals surface area contributed by atoms with E-state index in [0.29, 0.717) is 41.1 Å². The van der Waals surface area contributed by atoms with Gasteiger partial charge in [-0.05, 0) is 38.0 Å². The van der Waals surface area contributed by atoms with E-state index in [0.717, 1.165) is 12.8 Å². The molecule has 0 radical (unpaired) electrons. The molecule has 5 heterocycles. The van der Waals surface area contributed by atoms with Crippen LogP contribution in [0.15, 0.2) is 47.4 Å². The first kappa shape index (κ1) is 16.5. The fourth-order valence-corrected chi connectivity index (χ4v) is 3.63. The summed E-state index contributed by atoms with van der Waals surface area (Å²) < 4.78 is 7.21. The summed E-state index contributed by atoms with van der Waals surface area (Å²) in [7, 11) is 0. The van der Waals surface area contributed by atoms with Crippen LogP contribution >= 0.6 is 0 Å². The minimum Gasteiger partial charge on any atom is -0.337 e. The zero-order chi connectivity index (χ0) is 19.1. The van der Waals surface area contributed by atoms with Crippen LogP contribution in [0.5, 0.6) is 0 Å². The van der Waals surface area contributed by atoms with Crippen LogP contribution in [0.25, 0.3) is 17.3 Å². The van der Waals surface area contributed by atoms with Crippen LogP contribution in [0.3, 0.4) is 0 Å². The SMILES string of the molecule is Cc1nc2ncccn2c1C(=O)N1CCCC1c1nc(-c2ccccn2)no1. The molecule has 9 nitrogen and oxygen atoms in total. The maximum absolute atomic E-state index is 13.3. The maximum Gasteiger partial charge on any atom is 0.273 e. The number of imidazole rings is 1. The van der Waals surface area contributed by atoms with E-state index < -0.39 is 0 Å². The molecule has 1 fully saturated rings. The normalized spacial score (nSPS) is 16.8. The lowest BCUT2D eigenvalue weighted by atomic mass is 10.2. The van der Waals surface area contributed by atoms with Crippen molar-refractivity contribution in [2.75, 3.05) is 6.54 Å². The van der Waals surface area contributed by atoms with Gasteiger partial charge in [0, 0.05) is 25.1 Å². The molecule has 0 aromatic carbocycles. The largest absolute Gasteiger partial charge is 0.337 e. The lowest BCUT2D eigenvalue weighted by Crippen LogP contribution is -2.32. The highest BCUT2D eigenvalue weighted by Crippen LogP contribution is 2.33. The highest BCUT2D eigenvalue weighted by atomic mass is 16.5. The average molecular weight is 375 g/mol. The molecule has 1 saturated heterocycles. The summed E-state index contributed by atoms with van der Waals surface area (Å²) in [6, 6.07) is 7.03. The minimum absolute atomic E-state index is 0.113. The minimum atomic E-state index is -0.265. The van der Waals surface area contributed by atoms with Crippen molar-refractivity contribution in [1.82, 2.24) is 34.4 Å². The number of amides is 1. The van der Waals surface area contributed by atoms with Crippen molar-refractivity contribution in [3.05, 3.63) is 60.1 Å². The third-order valence-electron chi connectivity index (χ3n) is 4.92. The van der Waals surface area contributed by atoms with Crippen LogP contribution in [-0.4, -0.2) is 46.8 Å². The summed E-state index contributed by atoms with van der Waals surface area (Å²) in [4.78, 5) is 32.5. The molecule has 0 saturated carbocycles. The Bertz CT molecular complexity index is 1150. The first-order chi connectivity index (χ1) is 13.7. The van der Waals surface area contributed by atoms with Gasteiger partial charge in [-0.15, -0.1) is 0 Å². The topological polar surface area (TPSA) is 102 Å². The molecule has 4 aromatic heterocycles. The predicted molar refractivity (Wildman–Crippen MR) is 98.3 cm³/mol. The van der Waals surface area contributed by atoms with Crippen LogP contribution < -0.4 is 0 Å².